The van der Waals surface area contributed by atoms with Gasteiger partial charge in [-0.15, -0.1) is 0 Å². The van der Waals surface area contributed by atoms with Crippen LogP contribution in [0.15, 0.2) is 35.3 Å². The summed E-state index contributed by atoms with van der Waals surface area (Å²) in [7, 11) is 0. The van der Waals surface area contributed by atoms with Gasteiger partial charge in [0.05, 0.1) is 5.71 Å². The van der Waals surface area contributed by atoms with Crippen LogP contribution in [0, 0.1) is 0 Å². The molecule has 4 nitrogen and oxygen atoms in total. The number of nitrogens with zero attached hydrogens (tertiary/aromatic N) is 2. The topological polar surface area (TPSA) is 41.9 Å². The first-order chi connectivity index (χ1) is 9.18. The van der Waals surface area contributed by atoms with Crippen LogP contribution in [0.5, 0.6) is 0 Å². The van der Waals surface area contributed by atoms with Crippen LogP contribution in [0.1, 0.15) is 25.3 Å². The summed E-state index contributed by atoms with van der Waals surface area (Å²) in [6.07, 6.45) is 1.27. The summed E-state index contributed by atoms with van der Waals surface area (Å²) in [4.78, 5) is 17.6. The zero-order valence-corrected chi connectivity index (χ0v) is 11.1. The molecule has 2 heterocycles. The van der Waals surface area contributed by atoms with Crippen LogP contribution in [-0.4, -0.2) is 35.4 Å². The van der Waals surface area contributed by atoms with E-state index in [0.29, 0.717) is 0 Å². The predicted octanol–water partition coefficient (Wildman–Crippen LogP) is 2.63. The molecule has 0 bridgehead atoms. The Morgan fingerprint density at radius 2 is 1.95 bits per heavy atom. The van der Waals surface area contributed by atoms with E-state index in [2.05, 4.69) is 34.2 Å². The lowest BCUT2D eigenvalue weighted by atomic mass is 9.87. The second kappa shape index (κ2) is 4.78. The third-order valence-electron chi connectivity index (χ3n) is 4.11. The summed E-state index contributed by atoms with van der Waals surface area (Å²) in [6.45, 7) is 4.74. The van der Waals surface area contributed by atoms with Gasteiger partial charge in [0.1, 0.15) is 0 Å². The van der Waals surface area contributed by atoms with Gasteiger partial charge in [0.15, 0.2) is 5.60 Å². The van der Waals surface area contributed by atoms with E-state index in [4.69, 9.17) is 4.74 Å². The summed E-state index contributed by atoms with van der Waals surface area (Å²) < 4.78 is 5.43. The molecular weight excluding hydrogens is 240 g/mol. The third kappa shape index (κ3) is 2.40. The van der Waals surface area contributed by atoms with Gasteiger partial charge in [0, 0.05) is 32.5 Å². The number of piperidine rings is 1. The summed E-state index contributed by atoms with van der Waals surface area (Å²) in [6, 6.07) is 10.5. The van der Waals surface area contributed by atoms with Crippen molar-refractivity contribution in [3.8, 4) is 0 Å². The van der Waals surface area contributed by atoms with Crippen molar-refractivity contribution in [2.75, 3.05) is 13.1 Å². The quantitative estimate of drug-likeness (QED) is 0.819. The van der Waals surface area contributed by atoms with E-state index in [0.717, 1.165) is 38.2 Å². The molecule has 19 heavy (non-hydrogen) atoms. The van der Waals surface area contributed by atoms with Crippen LogP contribution < -0.4 is 0 Å². The number of hydrogen-bond acceptors (Lipinski definition) is 3. The fourth-order valence-electron chi connectivity index (χ4n) is 2.88. The highest BCUT2D eigenvalue weighted by atomic mass is 16.6. The van der Waals surface area contributed by atoms with Crippen molar-refractivity contribution in [1.29, 1.82) is 0 Å². The summed E-state index contributed by atoms with van der Waals surface area (Å²) in [5, 5.41) is 0. The minimum absolute atomic E-state index is 0.412. The molecule has 0 radical (unpaired) electrons. The van der Waals surface area contributed by atoms with E-state index in [9.17, 15) is 4.79 Å². The molecule has 0 aliphatic carbocycles. The van der Waals surface area contributed by atoms with Crippen molar-refractivity contribution in [1.82, 2.24) is 4.90 Å². The lowest BCUT2D eigenvalue weighted by Gasteiger charge is -2.38. The highest BCUT2D eigenvalue weighted by Crippen LogP contribution is 2.32. The molecule has 100 valence electrons. The highest BCUT2D eigenvalue weighted by molar-refractivity contribution is 6.02. The number of rotatable bonds is 2. The van der Waals surface area contributed by atoms with Gasteiger partial charge in [0.2, 0.25) is 0 Å². The standard InChI is InChI=1S/C15H18N2O2/c1-12-15(19-14(18)16-12)7-9-17(10-8-15)11-13-5-3-2-4-6-13/h2-6H,7-11H2,1H3. The maximum absolute atomic E-state index is 11.3. The second-order valence-corrected chi connectivity index (χ2v) is 5.32. The normalized spacial score (nSPS) is 22.4. The largest absolute Gasteiger partial charge is 0.435 e. The molecule has 1 saturated heterocycles. The molecule has 0 N–H and O–H groups in total. The van der Waals surface area contributed by atoms with Gasteiger partial charge >= 0.3 is 6.09 Å². The molecule has 1 aromatic rings. The monoisotopic (exact) mass is 258 g/mol. The van der Waals surface area contributed by atoms with Gasteiger partial charge in [-0.25, -0.2) is 4.79 Å². The Bertz CT molecular complexity index is 502. The number of benzene rings is 1. The molecular formula is C15H18N2O2. The minimum Gasteiger partial charge on any atom is -0.435 e. The van der Waals surface area contributed by atoms with Gasteiger partial charge in [-0.2, -0.15) is 4.99 Å². The molecule has 0 saturated carbocycles. The Balaban J connectivity index is 1.61. The van der Waals surface area contributed by atoms with Crippen molar-refractivity contribution in [3.05, 3.63) is 35.9 Å². The lowest BCUT2D eigenvalue weighted by Crippen LogP contribution is -2.48. The Morgan fingerprint density at radius 3 is 2.53 bits per heavy atom. The summed E-state index contributed by atoms with van der Waals surface area (Å²) in [5.74, 6) is 0. The molecule has 0 aromatic heterocycles. The number of likely N-dealkylation sites (tertiary alicyclic amines) is 1. The smallest absolute Gasteiger partial charge is 0.434 e. The molecule has 1 spiro atoms. The number of carbonyl (C=O) groups excluding carboxylic acids is 1. The van der Waals surface area contributed by atoms with E-state index in [-0.39, 0.29) is 0 Å². The Hall–Kier alpha value is -1.68. The number of amides is 1. The van der Waals surface area contributed by atoms with Gasteiger partial charge in [-0.05, 0) is 12.5 Å². The van der Waals surface area contributed by atoms with Gasteiger partial charge in [0.25, 0.3) is 0 Å². The minimum atomic E-state index is -0.422. The van der Waals surface area contributed by atoms with Crippen molar-refractivity contribution < 1.29 is 9.53 Å². The van der Waals surface area contributed by atoms with Gasteiger partial charge in [-0.3, -0.25) is 4.90 Å². The van der Waals surface area contributed by atoms with Crippen molar-refractivity contribution in [2.45, 2.75) is 31.9 Å². The molecule has 1 amide bonds. The van der Waals surface area contributed by atoms with Crippen LogP contribution in [0.3, 0.4) is 0 Å². The maximum Gasteiger partial charge on any atom is 0.434 e. The first kappa shape index (κ1) is 12.4. The van der Waals surface area contributed by atoms with Crippen LogP contribution in [0.25, 0.3) is 0 Å². The first-order valence-electron chi connectivity index (χ1n) is 6.73. The molecule has 1 aromatic carbocycles. The number of aliphatic imine (C=N–C) groups is 1. The van der Waals surface area contributed by atoms with Crippen LogP contribution >= 0.6 is 0 Å². The van der Waals surface area contributed by atoms with Crippen molar-refractivity contribution >= 4 is 11.8 Å². The molecule has 2 aliphatic heterocycles. The molecule has 0 atom stereocenters. The average Bonchev–Trinajstić information content (AvgIpc) is 2.68. The predicted molar refractivity (Wildman–Crippen MR) is 73.3 cm³/mol. The van der Waals surface area contributed by atoms with E-state index in [1.807, 2.05) is 13.0 Å². The third-order valence-corrected chi connectivity index (χ3v) is 4.11. The molecule has 4 heteroatoms. The second-order valence-electron chi connectivity index (χ2n) is 5.32. The average molecular weight is 258 g/mol. The Morgan fingerprint density at radius 1 is 1.26 bits per heavy atom. The number of hydrogen-bond donors (Lipinski definition) is 0. The SMILES string of the molecule is CC1=NC(=O)OC12CCN(Cc1ccccc1)CC2. The zero-order chi connectivity index (χ0) is 13.3. The van der Waals surface area contributed by atoms with E-state index >= 15 is 0 Å². The fourth-order valence-corrected chi connectivity index (χ4v) is 2.88. The van der Waals surface area contributed by atoms with Gasteiger partial charge < -0.3 is 4.74 Å². The summed E-state index contributed by atoms with van der Waals surface area (Å²) >= 11 is 0. The Kier molecular flexibility index (Phi) is 3.11. The lowest BCUT2D eigenvalue weighted by molar-refractivity contribution is 0.0252. The highest BCUT2D eigenvalue weighted by Gasteiger charge is 2.44. The fraction of sp³-hybridized carbons (Fsp3) is 0.467. The Labute approximate surface area is 113 Å². The van der Waals surface area contributed by atoms with E-state index in [1.54, 1.807) is 0 Å². The van der Waals surface area contributed by atoms with E-state index < -0.39 is 11.7 Å². The number of carbonyl (C=O) groups is 1. The molecule has 3 rings (SSSR count). The number of ether oxygens (including phenoxy) is 1. The van der Waals surface area contributed by atoms with Crippen LogP contribution in [0.4, 0.5) is 4.79 Å². The van der Waals surface area contributed by atoms with Crippen LogP contribution in [0.2, 0.25) is 0 Å². The zero-order valence-electron chi connectivity index (χ0n) is 11.1. The molecule has 0 unspecified atom stereocenters. The van der Waals surface area contributed by atoms with Crippen molar-refractivity contribution in [3.63, 3.8) is 0 Å². The molecule has 1 fully saturated rings. The van der Waals surface area contributed by atoms with Crippen molar-refractivity contribution in [2.24, 2.45) is 4.99 Å². The van der Waals surface area contributed by atoms with E-state index in [1.165, 1.54) is 5.56 Å². The van der Waals surface area contributed by atoms with Gasteiger partial charge in [-0.1, -0.05) is 30.3 Å². The first-order valence-corrected chi connectivity index (χ1v) is 6.73. The molecule has 2 aliphatic rings. The summed E-state index contributed by atoms with van der Waals surface area (Å²) in [5.41, 5.74) is 1.76. The maximum atomic E-state index is 11.3. The van der Waals surface area contributed by atoms with Crippen LogP contribution in [-0.2, 0) is 11.3 Å².